The minimum Gasteiger partial charge on any atom is -0.458 e. The first-order valence-corrected chi connectivity index (χ1v) is 3.49. The van der Waals surface area contributed by atoms with Gasteiger partial charge in [0.15, 0.2) is 5.76 Å². The Balaban J connectivity index is 2.29. The predicted octanol–water partition coefficient (Wildman–Crippen LogP) is -0.224. The minimum absolute atomic E-state index is 0.115. The van der Waals surface area contributed by atoms with Gasteiger partial charge in [0, 0.05) is 18.2 Å². The summed E-state index contributed by atoms with van der Waals surface area (Å²) in [5.41, 5.74) is 11.9. The van der Waals surface area contributed by atoms with Crippen molar-refractivity contribution in [1.82, 2.24) is 0 Å². The summed E-state index contributed by atoms with van der Waals surface area (Å²) < 4.78 is 10.3. The lowest BCUT2D eigenvalue weighted by Gasteiger charge is -2.15. The maximum absolute atomic E-state index is 5.67. The van der Waals surface area contributed by atoms with Gasteiger partial charge in [0.2, 0.25) is 6.79 Å². The zero-order valence-corrected chi connectivity index (χ0v) is 6.04. The van der Waals surface area contributed by atoms with Gasteiger partial charge in [-0.1, -0.05) is 0 Å². The Kier molecular flexibility index (Phi) is 1.29. The zero-order valence-electron chi connectivity index (χ0n) is 6.04. The summed E-state index contributed by atoms with van der Waals surface area (Å²) in [7, 11) is 0. The number of allylic oxidation sites excluding steroid dienone is 1. The third-order valence-corrected chi connectivity index (χ3v) is 1.85. The molecule has 0 amide bonds. The zero-order chi connectivity index (χ0) is 7.84. The minimum atomic E-state index is -0.115. The van der Waals surface area contributed by atoms with E-state index in [1.807, 2.05) is 0 Å². The fraction of sp³-hybridized carbons (Fsp3) is 0.429. The lowest BCUT2D eigenvalue weighted by atomic mass is 10.0. The van der Waals surface area contributed by atoms with E-state index in [0.29, 0.717) is 18.9 Å². The molecule has 0 aromatic rings. The van der Waals surface area contributed by atoms with E-state index in [0.717, 1.165) is 11.5 Å². The smallest absolute Gasteiger partial charge is 0.230 e. The van der Waals surface area contributed by atoms with Crippen molar-refractivity contribution in [2.24, 2.45) is 11.5 Å². The van der Waals surface area contributed by atoms with Crippen molar-refractivity contribution < 1.29 is 9.47 Å². The highest BCUT2D eigenvalue weighted by molar-refractivity contribution is 5.30. The van der Waals surface area contributed by atoms with Crippen molar-refractivity contribution in [2.75, 3.05) is 6.79 Å². The van der Waals surface area contributed by atoms with Crippen molar-refractivity contribution in [3.8, 4) is 0 Å². The van der Waals surface area contributed by atoms with Gasteiger partial charge in [-0.3, -0.25) is 0 Å². The van der Waals surface area contributed by atoms with E-state index in [2.05, 4.69) is 0 Å². The quantitative estimate of drug-likeness (QED) is 0.506. The second kappa shape index (κ2) is 2.17. The van der Waals surface area contributed by atoms with Gasteiger partial charge in [-0.15, -0.1) is 0 Å². The first kappa shape index (κ1) is 6.54. The highest BCUT2D eigenvalue weighted by atomic mass is 16.7. The Morgan fingerprint density at radius 2 is 2.27 bits per heavy atom. The Morgan fingerprint density at radius 1 is 1.45 bits per heavy atom. The summed E-state index contributed by atoms with van der Waals surface area (Å²) in [5.74, 6) is 1.57. The lowest BCUT2D eigenvalue weighted by Crippen LogP contribution is -2.30. The van der Waals surface area contributed by atoms with E-state index in [1.165, 1.54) is 0 Å². The van der Waals surface area contributed by atoms with Crippen molar-refractivity contribution in [1.29, 1.82) is 0 Å². The van der Waals surface area contributed by atoms with Gasteiger partial charge in [0.1, 0.15) is 5.76 Å². The molecule has 0 radical (unpaired) electrons. The van der Waals surface area contributed by atoms with Gasteiger partial charge in [-0.2, -0.15) is 0 Å². The Bertz CT molecular complexity index is 245. The van der Waals surface area contributed by atoms with Gasteiger partial charge >= 0.3 is 0 Å². The SMILES string of the molecule is NC1=CC2=C(CC1N)OCO2. The number of hydrogen-bond donors (Lipinski definition) is 2. The third-order valence-electron chi connectivity index (χ3n) is 1.85. The molecule has 0 aromatic heterocycles. The first-order valence-electron chi connectivity index (χ1n) is 3.49. The normalized spacial score (nSPS) is 28.8. The highest BCUT2D eigenvalue weighted by Crippen LogP contribution is 2.27. The molecule has 0 saturated carbocycles. The molecule has 1 atom stereocenters. The van der Waals surface area contributed by atoms with Gasteiger partial charge in [-0.25, -0.2) is 0 Å². The van der Waals surface area contributed by atoms with Crippen LogP contribution in [0.25, 0.3) is 0 Å². The van der Waals surface area contributed by atoms with Gasteiger partial charge in [0.05, 0.1) is 6.04 Å². The van der Waals surface area contributed by atoms with E-state index in [-0.39, 0.29) is 6.04 Å². The maximum Gasteiger partial charge on any atom is 0.230 e. The van der Waals surface area contributed by atoms with E-state index in [4.69, 9.17) is 20.9 Å². The summed E-state index contributed by atoms with van der Waals surface area (Å²) in [4.78, 5) is 0. The molecule has 4 heteroatoms. The number of nitrogens with two attached hydrogens (primary N) is 2. The summed E-state index contributed by atoms with van der Waals surface area (Å²) in [6, 6.07) is -0.115. The molecular formula is C7H10N2O2. The topological polar surface area (TPSA) is 70.5 Å². The maximum atomic E-state index is 5.67. The summed E-state index contributed by atoms with van der Waals surface area (Å²) >= 11 is 0. The van der Waals surface area contributed by atoms with Crippen molar-refractivity contribution >= 4 is 0 Å². The van der Waals surface area contributed by atoms with Crippen LogP contribution in [0.5, 0.6) is 0 Å². The highest BCUT2D eigenvalue weighted by Gasteiger charge is 2.24. The fourth-order valence-electron chi connectivity index (χ4n) is 1.17. The van der Waals surface area contributed by atoms with Crippen LogP contribution in [-0.4, -0.2) is 12.8 Å². The van der Waals surface area contributed by atoms with Crippen molar-refractivity contribution in [3.05, 3.63) is 23.3 Å². The monoisotopic (exact) mass is 154 g/mol. The first-order chi connectivity index (χ1) is 5.27. The average Bonchev–Trinajstić information content (AvgIpc) is 2.36. The standard InChI is InChI=1S/C7H10N2O2/c8-4-1-6-7(2-5(4)9)11-3-10-6/h1,5H,2-3,8-9H2. The number of ether oxygens (including phenoxy) is 2. The molecule has 4 nitrogen and oxygen atoms in total. The second-order valence-corrected chi connectivity index (χ2v) is 2.65. The molecule has 1 unspecified atom stereocenters. The van der Waals surface area contributed by atoms with Crippen LogP contribution in [0.3, 0.4) is 0 Å². The summed E-state index contributed by atoms with van der Waals surface area (Å²) in [6.07, 6.45) is 2.38. The molecule has 1 aliphatic heterocycles. The van der Waals surface area contributed by atoms with Crippen molar-refractivity contribution in [3.63, 3.8) is 0 Å². The van der Waals surface area contributed by atoms with Crippen LogP contribution in [0.15, 0.2) is 23.3 Å². The van der Waals surface area contributed by atoms with Crippen LogP contribution < -0.4 is 11.5 Å². The van der Waals surface area contributed by atoms with Crippen LogP contribution in [0, 0.1) is 0 Å². The Hall–Kier alpha value is -1.16. The van der Waals surface area contributed by atoms with E-state index in [1.54, 1.807) is 6.08 Å². The van der Waals surface area contributed by atoms with Gasteiger partial charge in [-0.05, 0) is 0 Å². The molecule has 0 spiro atoms. The predicted molar refractivity (Wildman–Crippen MR) is 38.9 cm³/mol. The lowest BCUT2D eigenvalue weighted by molar-refractivity contribution is 0.0725. The van der Waals surface area contributed by atoms with Gasteiger partial charge < -0.3 is 20.9 Å². The molecule has 0 saturated heterocycles. The molecule has 11 heavy (non-hydrogen) atoms. The Labute approximate surface area is 64.4 Å². The van der Waals surface area contributed by atoms with Gasteiger partial charge in [0.25, 0.3) is 0 Å². The average molecular weight is 154 g/mol. The third kappa shape index (κ3) is 0.952. The van der Waals surface area contributed by atoms with Crippen LogP contribution >= 0.6 is 0 Å². The van der Waals surface area contributed by atoms with Crippen LogP contribution in [0.2, 0.25) is 0 Å². The molecule has 60 valence electrons. The molecule has 1 aliphatic carbocycles. The molecule has 1 heterocycles. The fourth-order valence-corrected chi connectivity index (χ4v) is 1.17. The number of rotatable bonds is 0. The van der Waals surface area contributed by atoms with E-state index >= 15 is 0 Å². The number of hydrogen-bond acceptors (Lipinski definition) is 4. The molecular weight excluding hydrogens is 144 g/mol. The van der Waals surface area contributed by atoms with Crippen LogP contribution in [0.1, 0.15) is 6.42 Å². The Morgan fingerprint density at radius 3 is 3.09 bits per heavy atom. The second-order valence-electron chi connectivity index (χ2n) is 2.65. The molecule has 0 aromatic carbocycles. The summed E-state index contributed by atoms with van der Waals surface area (Å²) in [5, 5.41) is 0. The van der Waals surface area contributed by atoms with Crippen molar-refractivity contribution in [2.45, 2.75) is 12.5 Å². The van der Waals surface area contributed by atoms with Crippen LogP contribution in [-0.2, 0) is 9.47 Å². The summed E-state index contributed by atoms with van der Waals surface area (Å²) in [6.45, 7) is 0.293. The molecule has 0 bridgehead atoms. The van der Waals surface area contributed by atoms with E-state index in [9.17, 15) is 0 Å². The molecule has 2 rings (SSSR count). The molecule has 2 aliphatic rings. The molecule has 0 fully saturated rings. The van der Waals surface area contributed by atoms with E-state index < -0.39 is 0 Å². The van der Waals surface area contributed by atoms with Crippen LogP contribution in [0.4, 0.5) is 0 Å². The largest absolute Gasteiger partial charge is 0.458 e. The molecule has 4 N–H and O–H groups in total.